The summed E-state index contributed by atoms with van der Waals surface area (Å²) in [6.07, 6.45) is 0. The van der Waals surface area contributed by atoms with Gasteiger partial charge in [0, 0.05) is 25.7 Å². The second-order valence-corrected chi connectivity index (χ2v) is 7.77. The highest BCUT2D eigenvalue weighted by atomic mass is 32.2. The molecular weight excluding hydrogens is 352 g/mol. The number of carbonyl (C=O) groups is 1. The highest BCUT2D eigenvalue weighted by Crippen LogP contribution is 2.20. The fourth-order valence-corrected chi connectivity index (χ4v) is 3.95. The third-order valence-corrected chi connectivity index (χ3v) is 5.63. The molecule has 26 heavy (non-hydrogen) atoms. The molecule has 0 heterocycles. The van der Waals surface area contributed by atoms with E-state index in [9.17, 15) is 13.2 Å². The van der Waals surface area contributed by atoms with Gasteiger partial charge in [0.15, 0.2) is 0 Å². The minimum atomic E-state index is -3.64. The van der Waals surface area contributed by atoms with Gasteiger partial charge in [-0.15, -0.1) is 0 Å². The van der Waals surface area contributed by atoms with Crippen molar-refractivity contribution in [3.63, 3.8) is 0 Å². The number of benzene rings is 2. The number of carbonyl (C=O) groups excluding carboxylic acids is 1. The maximum Gasteiger partial charge on any atom is 0.240 e. The van der Waals surface area contributed by atoms with Crippen LogP contribution >= 0.6 is 0 Å². The standard InChI is InChI=1S/C19H24N2O4S/c1-14-5-6-15(2)19(13-14)26(23,24)20-11-12-21(16(3)22)17-7-9-18(25-4)10-8-17/h5-10,13,20H,11-12H2,1-4H3. The number of nitrogens with one attached hydrogen (secondary N) is 1. The molecule has 0 atom stereocenters. The fraction of sp³-hybridized carbons (Fsp3) is 0.316. The van der Waals surface area contributed by atoms with Crippen LogP contribution in [0.4, 0.5) is 5.69 Å². The number of hydrogen-bond donors (Lipinski definition) is 1. The maximum absolute atomic E-state index is 12.5. The Hall–Kier alpha value is -2.38. The van der Waals surface area contributed by atoms with Crippen molar-refractivity contribution in [3.05, 3.63) is 53.6 Å². The summed E-state index contributed by atoms with van der Waals surface area (Å²) in [5.74, 6) is 0.522. The van der Waals surface area contributed by atoms with Gasteiger partial charge in [-0.05, 0) is 55.3 Å². The Labute approximate surface area is 154 Å². The van der Waals surface area contributed by atoms with E-state index < -0.39 is 10.0 Å². The molecule has 1 amide bonds. The number of aryl methyl sites for hydroxylation is 2. The van der Waals surface area contributed by atoms with Crippen molar-refractivity contribution < 1.29 is 17.9 Å². The molecule has 0 aromatic heterocycles. The molecule has 0 aliphatic rings. The van der Waals surface area contributed by atoms with Crippen LogP contribution in [0.15, 0.2) is 47.4 Å². The number of methoxy groups -OCH3 is 1. The van der Waals surface area contributed by atoms with E-state index in [0.717, 1.165) is 5.56 Å². The normalized spacial score (nSPS) is 11.2. The van der Waals surface area contributed by atoms with Crippen LogP contribution in [0.5, 0.6) is 5.75 Å². The van der Waals surface area contributed by atoms with Crippen LogP contribution in [0.3, 0.4) is 0 Å². The van der Waals surface area contributed by atoms with Crippen molar-refractivity contribution >= 4 is 21.6 Å². The molecule has 2 rings (SSSR count). The molecule has 1 N–H and O–H groups in total. The number of amides is 1. The van der Waals surface area contributed by atoms with Gasteiger partial charge in [-0.1, -0.05) is 12.1 Å². The molecule has 0 saturated heterocycles. The quantitative estimate of drug-likeness (QED) is 0.806. The van der Waals surface area contributed by atoms with Gasteiger partial charge in [-0.3, -0.25) is 4.79 Å². The van der Waals surface area contributed by atoms with Crippen molar-refractivity contribution in [2.45, 2.75) is 25.7 Å². The van der Waals surface area contributed by atoms with Gasteiger partial charge >= 0.3 is 0 Å². The second-order valence-electron chi connectivity index (χ2n) is 6.04. The van der Waals surface area contributed by atoms with Gasteiger partial charge in [0.25, 0.3) is 0 Å². The van der Waals surface area contributed by atoms with Gasteiger partial charge in [0.2, 0.25) is 15.9 Å². The molecular formula is C19H24N2O4S. The molecule has 0 aliphatic heterocycles. The molecule has 0 fully saturated rings. The molecule has 0 bridgehead atoms. The largest absolute Gasteiger partial charge is 0.497 e. The number of nitrogens with zero attached hydrogens (tertiary/aromatic N) is 1. The minimum absolute atomic E-state index is 0.112. The Balaban J connectivity index is 2.09. The molecule has 0 radical (unpaired) electrons. The lowest BCUT2D eigenvalue weighted by Crippen LogP contribution is -2.37. The SMILES string of the molecule is COc1ccc(N(CCNS(=O)(=O)c2cc(C)ccc2C)C(C)=O)cc1. The molecule has 0 saturated carbocycles. The highest BCUT2D eigenvalue weighted by molar-refractivity contribution is 7.89. The van der Waals surface area contributed by atoms with Gasteiger partial charge < -0.3 is 9.64 Å². The Morgan fingerprint density at radius 1 is 1.12 bits per heavy atom. The Kier molecular flexibility index (Phi) is 6.39. The summed E-state index contributed by atoms with van der Waals surface area (Å²) in [5, 5.41) is 0. The first-order valence-electron chi connectivity index (χ1n) is 8.23. The van der Waals surface area contributed by atoms with E-state index in [1.165, 1.54) is 11.8 Å². The zero-order valence-electron chi connectivity index (χ0n) is 15.4. The third-order valence-electron chi connectivity index (χ3n) is 4.02. The predicted octanol–water partition coefficient (Wildman–Crippen LogP) is 2.64. The van der Waals surface area contributed by atoms with Crippen molar-refractivity contribution in [1.29, 1.82) is 0 Å². The average Bonchev–Trinajstić information content (AvgIpc) is 2.60. The lowest BCUT2D eigenvalue weighted by Gasteiger charge is -2.22. The highest BCUT2D eigenvalue weighted by Gasteiger charge is 2.18. The van der Waals surface area contributed by atoms with Crippen LogP contribution in [-0.4, -0.2) is 34.5 Å². The van der Waals surface area contributed by atoms with Crippen LogP contribution in [0.1, 0.15) is 18.1 Å². The van der Waals surface area contributed by atoms with Crippen molar-refractivity contribution in [2.75, 3.05) is 25.1 Å². The first-order valence-corrected chi connectivity index (χ1v) is 9.72. The lowest BCUT2D eigenvalue weighted by molar-refractivity contribution is -0.116. The lowest BCUT2D eigenvalue weighted by atomic mass is 10.2. The number of hydrogen-bond acceptors (Lipinski definition) is 4. The van der Waals surface area contributed by atoms with Gasteiger partial charge in [-0.2, -0.15) is 0 Å². The van der Waals surface area contributed by atoms with Crippen LogP contribution in [-0.2, 0) is 14.8 Å². The van der Waals surface area contributed by atoms with E-state index in [1.54, 1.807) is 50.4 Å². The van der Waals surface area contributed by atoms with Crippen molar-refractivity contribution in [2.24, 2.45) is 0 Å². The summed E-state index contributed by atoms with van der Waals surface area (Å²) in [7, 11) is -2.07. The number of sulfonamides is 1. The summed E-state index contributed by atoms with van der Waals surface area (Å²) in [6, 6.07) is 12.3. The smallest absolute Gasteiger partial charge is 0.240 e. The molecule has 0 aliphatic carbocycles. The van der Waals surface area contributed by atoms with E-state index in [2.05, 4.69) is 4.72 Å². The topological polar surface area (TPSA) is 75.7 Å². The van der Waals surface area contributed by atoms with E-state index in [1.807, 2.05) is 13.0 Å². The van der Waals surface area contributed by atoms with Crippen LogP contribution in [0.2, 0.25) is 0 Å². The maximum atomic E-state index is 12.5. The Morgan fingerprint density at radius 2 is 1.77 bits per heavy atom. The van der Waals surface area contributed by atoms with E-state index >= 15 is 0 Å². The zero-order chi connectivity index (χ0) is 19.3. The van der Waals surface area contributed by atoms with Crippen molar-refractivity contribution in [3.8, 4) is 5.75 Å². The first kappa shape index (κ1) is 19.9. The van der Waals surface area contributed by atoms with E-state index in [0.29, 0.717) is 17.0 Å². The summed E-state index contributed by atoms with van der Waals surface area (Å²) in [6.45, 7) is 5.39. The van der Waals surface area contributed by atoms with Crippen molar-refractivity contribution in [1.82, 2.24) is 4.72 Å². The molecule has 7 heteroatoms. The average molecular weight is 376 g/mol. The zero-order valence-corrected chi connectivity index (χ0v) is 16.3. The monoisotopic (exact) mass is 376 g/mol. The van der Waals surface area contributed by atoms with Gasteiger partial charge in [0.05, 0.1) is 12.0 Å². The van der Waals surface area contributed by atoms with E-state index in [4.69, 9.17) is 4.74 Å². The third kappa shape index (κ3) is 4.83. The summed E-state index contributed by atoms with van der Waals surface area (Å²) in [5.41, 5.74) is 2.24. The summed E-state index contributed by atoms with van der Waals surface area (Å²) < 4.78 is 32.8. The number of rotatable bonds is 7. The molecule has 0 spiro atoms. The van der Waals surface area contributed by atoms with Crippen LogP contribution in [0, 0.1) is 13.8 Å². The number of anilines is 1. The molecule has 6 nitrogen and oxygen atoms in total. The minimum Gasteiger partial charge on any atom is -0.497 e. The Morgan fingerprint density at radius 3 is 2.35 bits per heavy atom. The summed E-state index contributed by atoms with van der Waals surface area (Å²) >= 11 is 0. The summed E-state index contributed by atoms with van der Waals surface area (Å²) in [4.78, 5) is 13.7. The fourth-order valence-electron chi connectivity index (χ4n) is 2.60. The van der Waals surface area contributed by atoms with Gasteiger partial charge in [-0.25, -0.2) is 13.1 Å². The van der Waals surface area contributed by atoms with Gasteiger partial charge in [0.1, 0.15) is 5.75 Å². The molecule has 0 unspecified atom stereocenters. The predicted molar refractivity (Wildman–Crippen MR) is 102 cm³/mol. The first-order chi connectivity index (χ1) is 12.2. The second kappa shape index (κ2) is 8.33. The Bertz CT molecular complexity index is 877. The number of ether oxygens (including phenoxy) is 1. The van der Waals surface area contributed by atoms with Crippen LogP contribution in [0.25, 0.3) is 0 Å². The van der Waals surface area contributed by atoms with E-state index in [-0.39, 0.29) is 23.9 Å². The molecule has 2 aromatic rings. The molecule has 140 valence electrons. The molecule has 2 aromatic carbocycles. The van der Waals surface area contributed by atoms with Crippen LogP contribution < -0.4 is 14.4 Å².